The Hall–Kier alpha value is -2.11. The van der Waals surface area contributed by atoms with Crippen LogP contribution in [-0.2, 0) is 4.79 Å². The SMILES string of the molecule is CN(CCOc1ccc(Cl)cc1)C(C(N)=O)c1ccc(F)cc1. The first-order chi connectivity index (χ1) is 11.0. The van der Waals surface area contributed by atoms with Crippen LogP contribution in [0.25, 0.3) is 0 Å². The molecule has 6 heteroatoms. The van der Waals surface area contributed by atoms with Crippen LogP contribution in [0.4, 0.5) is 4.39 Å². The van der Waals surface area contributed by atoms with Crippen molar-refractivity contribution < 1.29 is 13.9 Å². The minimum Gasteiger partial charge on any atom is -0.492 e. The molecule has 0 fully saturated rings. The molecular weight excluding hydrogens is 319 g/mol. The zero-order chi connectivity index (χ0) is 16.8. The number of carbonyl (C=O) groups excluding carboxylic acids is 1. The maximum absolute atomic E-state index is 13.0. The third-order valence-corrected chi connectivity index (χ3v) is 3.67. The smallest absolute Gasteiger partial charge is 0.239 e. The topological polar surface area (TPSA) is 55.6 Å². The van der Waals surface area contributed by atoms with Gasteiger partial charge in [-0.15, -0.1) is 0 Å². The summed E-state index contributed by atoms with van der Waals surface area (Å²) in [6, 6.07) is 12.1. The molecule has 1 atom stereocenters. The highest BCUT2D eigenvalue weighted by atomic mass is 35.5. The second kappa shape index (κ2) is 7.94. The molecule has 0 aliphatic carbocycles. The van der Waals surface area contributed by atoms with E-state index in [9.17, 15) is 9.18 Å². The van der Waals surface area contributed by atoms with Gasteiger partial charge in [0.05, 0.1) is 0 Å². The maximum atomic E-state index is 13.0. The molecular formula is C17H18ClFN2O2. The number of benzene rings is 2. The van der Waals surface area contributed by atoms with E-state index in [0.717, 1.165) is 0 Å². The van der Waals surface area contributed by atoms with Gasteiger partial charge < -0.3 is 10.5 Å². The molecule has 2 rings (SSSR count). The normalized spacial score (nSPS) is 12.2. The number of hydrogen-bond acceptors (Lipinski definition) is 3. The predicted octanol–water partition coefficient (Wildman–Crippen LogP) is 3.02. The van der Waals surface area contributed by atoms with Crippen LogP contribution in [0, 0.1) is 5.82 Å². The molecule has 2 aromatic carbocycles. The van der Waals surface area contributed by atoms with Gasteiger partial charge in [-0.3, -0.25) is 9.69 Å². The van der Waals surface area contributed by atoms with Crippen LogP contribution < -0.4 is 10.5 Å². The molecule has 4 nitrogen and oxygen atoms in total. The van der Waals surface area contributed by atoms with Gasteiger partial charge in [-0.05, 0) is 49.0 Å². The number of nitrogens with zero attached hydrogens (tertiary/aromatic N) is 1. The standard InChI is InChI=1S/C17H18ClFN2O2/c1-21(10-11-23-15-8-4-13(18)5-9-15)16(17(20)22)12-2-6-14(19)7-3-12/h2-9,16H,10-11H2,1H3,(H2,20,22). The van der Waals surface area contributed by atoms with Crippen LogP contribution in [0.15, 0.2) is 48.5 Å². The highest BCUT2D eigenvalue weighted by molar-refractivity contribution is 6.30. The van der Waals surface area contributed by atoms with E-state index in [2.05, 4.69) is 0 Å². The largest absolute Gasteiger partial charge is 0.492 e. The van der Waals surface area contributed by atoms with Crippen LogP contribution >= 0.6 is 11.6 Å². The molecule has 0 radical (unpaired) electrons. The van der Waals surface area contributed by atoms with Crippen LogP contribution in [0.5, 0.6) is 5.75 Å². The van der Waals surface area contributed by atoms with Crippen molar-refractivity contribution in [2.75, 3.05) is 20.2 Å². The van der Waals surface area contributed by atoms with Crippen LogP contribution in [-0.4, -0.2) is 31.0 Å². The minimum atomic E-state index is -0.635. The lowest BCUT2D eigenvalue weighted by atomic mass is 10.1. The Morgan fingerprint density at radius 1 is 1.22 bits per heavy atom. The number of carbonyl (C=O) groups is 1. The van der Waals surface area contributed by atoms with E-state index in [1.807, 2.05) is 0 Å². The van der Waals surface area contributed by atoms with Crippen LogP contribution in [0.1, 0.15) is 11.6 Å². The molecule has 0 spiro atoms. The summed E-state index contributed by atoms with van der Waals surface area (Å²) in [5, 5.41) is 0.638. The third kappa shape index (κ3) is 4.94. The Labute approximate surface area is 139 Å². The Bertz CT molecular complexity index is 647. The van der Waals surface area contributed by atoms with E-state index in [1.165, 1.54) is 12.1 Å². The molecule has 0 aromatic heterocycles. The van der Waals surface area contributed by atoms with Crippen molar-refractivity contribution in [1.29, 1.82) is 0 Å². The summed E-state index contributed by atoms with van der Waals surface area (Å²) in [6.45, 7) is 0.858. The summed E-state index contributed by atoms with van der Waals surface area (Å²) in [5.74, 6) is -0.156. The second-order valence-electron chi connectivity index (χ2n) is 5.14. The summed E-state index contributed by atoms with van der Waals surface area (Å²) in [5.41, 5.74) is 6.12. The lowest BCUT2D eigenvalue weighted by Crippen LogP contribution is -2.37. The molecule has 1 amide bonds. The molecule has 0 saturated carbocycles. The number of hydrogen-bond donors (Lipinski definition) is 1. The number of halogens is 2. The fourth-order valence-corrected chi connectivity index (χ4v) is 2.37. The zero-order valence-electron chi connectivity index (χ0n) is 12.7. The lowest BCUT2D eigenvalue weighted by molar-refractivity contribution is -0.123. The summed E-state index contributed by atoms with van der Waals surface area (Å²) in [4.78, 5) is 13.5. The Morgan fingerprint density at radius 3 is 2.39 bits per heavy atom. The Kier molecular flexibility index (Phi) is 5.96. The van der Waals surface area contributed by atoms with E-state index in [-0.39, 0.29) is 5.82 Å². The fraction of sp³-hybridized carbons (Fsp3) is 0.235. The van der Waals surface area contributed by atoms with E-state index in [0.29, 0.717) is 29.5 Å². The van der Waals surface area contributed by atoms with Gasteiger partial charge in [0.1, 0.15) is 24.2 Å². The van der Waals surface area contributed by atoms with Gasteiger partial charge in [0.15, 0.2) is 0 Å². The van der Waals surface area contributed by atoms with Gasteiger partial charge in [0, 0.05) is 11.6 Å². The monoisotopic (exact) mass is 336 g/mol. The first kappa shape index (κ1) is 17.2. The van der Waals surface area contributed by atoms with Crippen molar-refractivity contribution in [3.8, 4) is 5.75 Å². The Balaban J connectivity index is 1.95. The van der Waals surface area contributed by atoms with Crippen molar-refractivity contribution in [2.45, 2.75) is 6.04 Å². The highest BCUT2D eigenvalue weighted by Crippen LogP contribution is 2.20. The van der Waals surface area contributed by atoms with Crippen LogP contribution in [0.2, 0.25) is 5.02 Å². The predicted molar refractivity (Wildman–Crippen MR) is 87.9 cm³/mol. The first-order valence-corrected chi connectivity index (χ1v) is 7.48. The summed E-state index contributed by atoms with van der Waals surface area (Å²) in [6.07, 6.45) is 0. The van der Waals surface area contributed by atoms with Crippen molar-refractivity contribution in [3.63, 3.8) is 0 Å². The Morgan fingerprint density at radius 2 is 1.83 bits per heavy atom. The average Bonchev–Trinajstić information content (AvgIpc) is 2.51. The zero-order valence-corrected chi connectivity index (χ0v) is 13.5. The molecule has 2 N–H and O–H groups in total. The number of primary amides is 1. The molecule has 0 bridgehead atoms. The van der Waals surface area contributed by atoms with Crippen molar-refractivity contribution in [1.82, 2.24) is 4.90 Å². The number of likely N-dealkylation sites (N-methyl/N-ethyl adjacent to an activating group) is 1. The number of rotatable bonds is 7. The van der Waals surface area contributed by atoms with Crippen LogP contribution in [0.3, 0.4) is 0 Å². The average molecular weight is 337 g/mol. The fourth-order valence-electron chi connectivity index (χ4n) is 2.25. The van der Waals surface area contributed by atoms with Crippen molar-refractivity contribution in [2.24, 2.45) is 5.73 Å². The van der Waals surface area contributed by atoms with Gasteiger partial charge >= 0.3 is 0 Å². The van der Waals surface area contributed by atoms with E-state index in [4.69, 9.17) is 22.1 Å². The van der Waals surface area contributed by atoms with Crippen molar-refractivity contribution in [3.05, 3.63) is 64.9 Å². The summed E-state index contributed by atoms with van der Waals surface area (Å²) >= 11 is 5.81. The number of amides is 1. The molecule has 0 heterocycles. The number of ether oxygens (including phenoxy) is 1. The van der Waals surface area contributed by atoms with E-state index in [1.54, 1.807) is 48.3 Å². The quantitative estimate of drug-likeness (QED) is 0.845. The molecule has 0 aliphatic rings. The van der Waals surface area contributed by atoms with Crippen molar-refractivity contribution >= 4 is 17.5 Å². The van der Waals surface area contributed by atoms with E-state index >= 15 is 0 Å². The second-order valence-corrected chi connectivity index (χ2v) is 5.58. The first-order valence-electron chi connectivity index (χ1n) is 7.11. The van der Waals surface area contributed by atoms with Gasteiger partial charge in [-0.2, -0.15) is 0 Å². The maximum Gasteiger partial charge on any atom is 0.239 e. The molecule has 2 aromatic rings. The molecule has 0 aliphatic heterocycles. The molecule has 23 heavy (non-hydrogen) atoms. The molecule has 122 valence electrons. The molecule has 0 saturated heterocycles. The minimum absolute atomic E-state index is 0.356. The summed E-state index contributed by atoms with van der Waals surface area (Å²) < 4.78 is 18.6. The van der Waals surface area contributed by atoms with Gasteiger partial charge in [-0.1, -0.05) is 23.7 Å². The highest BCUT2D eigenvalue weighted by Gasteiger charge is 2.22. The third-order valence-electron chi connectivity index (χ3n) is 3.42. The number of nitrogens with two attached hydrogens (primary N) is 1. The van der Waals surface area contributed by atoms with Gasteiger partial charge in [0.25, 0.3) is 0 Å². The lowest BCUT2D eigenvalue weighted by Gasteiger charge is -2.25. The van der Waals surface area contributed by atoms with Gasteiger partial charge in [-0.25, -0.2) is 4.39 Å². The summed E-state index contributed by atoms with van der Waals surface area (Å²) in [7, 11) is 1.77. The van der Waals surface area contributed by atoms with Gasteiger partial charge in [0.2, 0.25) is 5.91 Å². The van der Waals surface area contributed by atoms with E-state index < -0.39 is 11.9 Å². The molecule has 1 unspecified atom stereocenters.